The minimum Gasteiger partial charge on any atom is -0.356 e. The van der Waals surface area contributed by atoms with Gasteiger partial charge in [-0.3, -0.25) is 9.69 Å². The van der Waals surface area contributed by atoms with Crippen LogP contribution in [0.4, 0.5) is 0 Å². The lowest BCUT2D eigenvalue weighted by Crippen LogP contribution is -2.41. The molecule has 3 heterocycles. The molecule has 32 heavy (non-hydrogen) atoms. The maximum absolute atomic E-state index is 12.6. The minimum absolute atomic E-state index is 0.118. The molecule has 2 fully saturated rings. The van der Waals surface area contributed by atoms with Gasteiger partial charge in [-0.15, -0.1) is 0 Å². The zero-order chi connectivity index (χ0) is 22.3. The molecule has 7 heteroatoms. The monoisotopic (exact) mass is 439 g/mol. The van der Waals surface area contributed by atoms with Crippen LogP contribution in [0.2, 0.25) is 0 Å². The first-order valence-electron chi connectivity index (χ1n) is 12.2. The van der Waals surface area contributed by atoms with E-state index in [0.29, 0.717) is 18.3 Å². The standard InChI is InChI=1S/C25H37N5O2/c1-19-6-8-21(9-7-19)24-27-23(32-28-24)18-30-15-10-22(11-16-30)25(31)26-12-4-14-29-13-3-5-20(2)17-29/h6-9,20,22H,3-5,10-18H2,1-2H3,(H,26,31). The van der Waals surface area contributed by atoms with Crippen molar-refractivity contribution in [2.45, 2.75) is 52.5 Å². The van der Waals surface area contributed by atoms with Crippen molar-refractivity contribution in [3.8, 4) is 11.4 Å². The predicted octanol–water partition coefficient (Wildman–Crippen LogP) is 3.50. The predicted molar refractivity (Wildman–Crippen MR) is 125 cm³/mol. The van der Waals surface area contributed by atoms with Crippen LogP contribution in [-0.2, 0) is 11.3 Å². The van der Waals surface area contributed by atoms with E-state index in [1.807, 2.05) is 12.1 Å². The van der Waals surface area contributed by atoms with Crippen molar-refractivity contribution in [3.63, 3.8) is 0 Å². The lowest BCUT2D eigenvalue weighted by Gasteiger charge is -2.31. The van der Waals surface area contributed by atoms with E-state index in [1.54, 1.807) is 0 Å². The largest absolute Gasteiger partial charge is 0.356 e. The molecule has 0 aliphatic carbocycles. The number of rotatable bonds is 8. The van der Waals surface area contributed by atoms with Gasteiger partial charge in [-0.25, -0.2) is 0 Å². The van der Waals surface area contributed by atoms with Crippen molar-refractivity contribution in [2.75, 3.05) is 39.3 Å². The Morgan fingerprint density at radius 3 is 2.66 bits per heavy atom. The smallest absolute Gasteiger partial charge is 0.241 e. The van der Waals surface area contributed by atoms with Crippen molar-refractivity contribution >= 4 is 5.91 Å². The molecule has 0 saturated carbocycles. The molecular weight excluding hydrogens is 402 g/mol. The minimum atomic E-state index is 0.118. The normalized spacial score (nSPS) is 21.0. The number of hydrogen-bond donors (Lipinski definition) is 1. The molecule has 0 spiro atoms. The number of carbonyl (C=O) groups is 1. The van der Waals surface area contributed by atoms with Crippen LogP contribution in [0, 0.1) is 18.8 Å². The van der Waals surface area contributed by atoms with E-state index in [2.05, 4.69) is 51.2 Å². The number of nitrogens with one attached hydrogen (secondary N) is 1. The van der Waals surface area contributed by atoms with Crippen LogP contribution in [-0.4, -0.2) is 65.1 Å². The van der Waals surface area contributed by atoms with E-state index >= 15 is 0 Å². The summed E-state index contributed by atoms with van der Waals surface area (Å²) in [5, 5.41) is 7.29. The molecule has 4 rings (SSSR count). The fraction of sp³-hybridized carbons (Fsp3) is 0.640. The Balaban J connectivity index is 1.14. The van der Waals surface area contributed by atoms with E-state index < -0.39 is 0 Å². The van der Waals surface area contributed by atoms with Gasteiger partial charge in [-0.2, -0.15) is 4.98 Å². The Morgan fingerprint density at radius 1 is 1.12 bits per heavy atom. The fourth-order valence-electron chi connectivity index (χ4n) is 4.83. The van der Waals surface area contributed by atoms with Crippen LogP contribution < -0.4 is 5.32 Å². The van der Waals surface area contributed by atoms with Crippen LogP contribution in [0.3, 0.4) is 0 Å². The number of carbonyl (C=O) groups excluding carboxylic acids is 1. The van der Waals surface area contributed by atoms with Crippen LogP contribution >= 0.6 is 0 Å². The second-order valence-electron chi connectivity index (χ2n) is 9.62. The Labute approximate surface area is 191 Å². The molecule has 1 N–H and O–H groups in total. The topological polar surface area (TPSA) is 74.5 Å². The van der Waals surface area contributed by atoms with Gasteiger partial charge in [0.25, 0.3) is 0 Å². The highest BCUT2D eigenvalue weighted by Gasteiger charge is 2.26. The van der Waals surface area contributed by atoms with Crippen LogP contribution in [0.15, 0.2) is 28.8 Å². The zero-order valence-electron chi connectivity index (χ0n) is 19.6. The summed E-state index contributed by atoms with van der Waals surface area (Å²) in [7, 11) is 0. The molecule has 174 valence electrons. The van der Waals surface area contributed by atoms with Gasteiger partial charge in [0.05, 0.1) is 6.54 Å². The van der Waals surface area contributed by atoms with E-state index in [0.717, 1.165) is 56.9 Å². The molecule has 2 saturated heterocycles. The summed E-state index contributed by atoms with van der Waals surface area (Å²) in [6.07, 6.45) is 5.47. The molecule has 0 radical (unpaired) electrons. The first-order chi connectivity index (χ1) is 15.6. The van der Waals surface area contributed by atoms with Gasteiger partial charge < -0.3 is 14.7 Å². The third-order valence-corrected chi connectivity index (χ3v) is 6.79. The molecule has 1 aromatic heterocycles. The fourth-order valence-corrected chi connectivity index (χ4v) is 4.83. The van der Waals surface area contributed by atoms with E-state index in [1.165, 1.54) is 31.5 Å². The molecule has 2 aliphatic rings. The van der Waals surface area contributed by atoms with Gasteiger partial charge in [0.2, 0.25) is 17.6 Å². The Hall–Kier alpha value is -2.25. The average molecular weight is 440 g/mol. The molecule has 1 aromatic carbocycles. The number of aromatic nitrogens is 2. The molecular formula is C25H37N5O2. The highest BCUT2D eigenvalue weighted by atomic mass is 16.5. The molecule has 1 unspecified atom stereocenters. The first kappa shape index (κ1) is 22.9. The van der Waals surface area contributed by atoms with Crippen molar-refractivity contribution in [1.82, 2.24) is 25.3 Å². The number of amides is 1. The Morgan fingerprint density at radius 2 is 1.91 bits per heavy atom. The van der Waals surface area contributed by atoms with E-state index in [9.17, 15) is 4.79 Å². The first-order valence-corrected chi connectivity index (χ1v) is 12.2. The second-order valence-corrected chi connectivity index (χ2v) is 9.62. The number of likely N-dealkylation sites (tertiary alicyclic amines) is 2. The van der Waals surface area contributed by atoms with Gasteiger partial charge >= 0.3 is 0 Å². The third-order valence-electron chi connectivity index (χ3n) is 6.79. The molecule has 2 aromatic rings. The van der Waals surface area contributed by atoms with Gasteiger partial charge in [0, 0.05) is 24.6 Å². The van der Waals surface area contributed by atoms with Crippen LogP contribution in [0.5, 0.6) is 0 Å². The van der Waals surface area contributed by atoms with Crippen molar-refractivity contribution in [1.29, 1.82) is 0 Å². The Bertz CT molecular complexity index is 857. The third kappa shape index (κ3) is 6.39. The summed E-state index contributed by atoms with van der Waals surface area (Å²) < 4.78 is 5.46. The van der Waals surface area contributed by atoms with Gasteiger partial charge in [-0.05, 0) is 71.1 Å². The summed E-state index contributed by atoms with van der Waals surface area (Å²) >= 11 is 0. The summed E-state index contributed by atoms with van der Waals surface area (Å²) in [6.45, 7) is 11.1. The quantitative estimate of drug-likeness (QED) is 0.635. The van der Waals surface area contributed by atoms with Crippen LogP contribution in [0.1, 0.15) is 50.5 Å². The SMILES string of the molecule is Cc1ccc(-c2noc(CN3CCC(C(=O)NCCCN4CCCC(C)C4)CC3)n2)cc1. The lowest BCUT2D eigenvalue weighted by molar-refractivity contribution is -0.126. The molecule has 0 bridgehead atoms. The van der Waals surface area contributed by atoms with Crippen LogP contribution in [0.25, 0.3) is 11.4 Å². The summed E-state index contributed by atoms with van der Waals surface area (Å²) in [5.74, 6) is 2.41. The number of piperidine rings is 2. The molecule has 7 nitrogen and oxygen atoms in total. The van der Waals surface area contributed by atoms with Crippen molar-refractivity contribution in [2.24, 2.45) is 11.8 Å². The number of benzene rings is 1. The number of nitrogens with zero attached hydrogens (tertiary/aromatic N) is 4. The lowest BCUT2D eigenvalue weighted by atomic mass is 9.96. The highest BCUT2D eigenvalue weighted by Crippen LogP contribution is 2.21. The van der Waals surface area contributed by atoms with Crippen molar-refractivity contribution in [3.05, 3.63) is 35.7 Å². The van der Waals surface area contributed by atoms with Gasteiger partial charge in [0.1, 0.15) is 0 Å². The molecule has 1 atom stereocenters. The summed E-state index contributed by atoms with van der Waals surface area (Å²) in [6, 6.07) is 8.13. The maximum atomic E-state index is 12.6. The summed E-state index contributed by atoms with van der Waals surface area (Å²) in [4.78, 5) is 22.0. The van der Waals surface area contributed by atoms with Gasteiger partial charge in [0.15, 0.2) is 0 Å². The second kappa shape index (κ2) is 11.1. The zero-order valence-corrected chi connectivity index (χ0v) is 19.6. The van der Waals surface area contributed by atoms with E-state index in [4.69, 9.17) is 4.52 Å². The highest BCUT2D eigenvalue weighted by molar-refractivity contribution is 5.78. The van der Waals surface area contributed by atoms with E-state index in [-0.39, 0.29) is 11.8 Å². The van der Waals surface area contributed by atoms with Gasteiger partial charge in [-0.1, -0.05) is 41.9 Å². The Kier molecular flexibility index (Phi) is 7.92. The summed E-state index contributed by atoms with van der Waals surface area (Å²) in [5.41, 5.74) is 2.18. The van der Waals surface area contributed by atoms with Crippen molar-refractivity contribution < 1.29 is 9.32 Å². The number of aryl methyl sites for hydroxylation is 1. The molecule has 2 aliphatic heterocycles. The number of hydrogen-bond acceptors (Lipinski definition) is 6. The maximum Gasteiger partial charge on any atom is 0.241 e. The average Bonchev–Trinajstić information content (AvgIpc) is 3.26. The molecule has 1 amide bonds.